The molecule has 0 aliphatic heterocycles. The van der Waals surface area contributed by atoms with Crippen molar-refractivity contribution in [2.24, 2.45) is 0 Å². The standard InChI is InChI=1S/C22H19ClFNO3/c1-14-2-5-16(22(26)27)10-21(14)25-12-15-3-8-19(9-4-15)28-13-17-6-7-18(24)11-20(17)23/h2-11,25H,12-13H2,1H3,(H,26,27). The number of carboxylic acid groups (broad SMARTS) is 1. The van der Waals surface area contributed by atoms with Crippen LogP contribution >= 0.6 is 11.6 Å². The number of rotatable bonds is 7. The van der Waals surface area contributed by atoms with Crippen molar-refractivity contribution < 1.29 is 19.0 Å². The quantitative estimate of drug-likeness (QED) is 0.536. The van der Waals surface area contributed by atoms with Crippen LogP contribution in [0.25, 0.3) is 0 Å². The maximum absolute atomic E-state index is 13.1. The van der Waals surface area contributed by atoms with Crippen molar-refractivity contribution in [1.29, 1.82) is 0 Å². The fourth-order valence-corrected chi connectivity index (χ4v) is 2.87. The van der Waals surface area contributed by atoms with E-state index in [4.69, 9.17) is 21.4 Å². The van der Waals surface area contributed by atoms with E-state index in [1.54, 1.807) is 24.3 Å². The number of aryl methyl sites for hydroxylation is 1. The Balaban J connectivity index is 1.59. The summed E-state index contributed by atoms with van der Waals surface area (Å²) >= 11 is 6.00. The number of benzene rings is 3. The van der Waals surface area contributed by atoms with Crippen LogP contribution in [-0.4, -0.2) is 11.1 Å². The smallest absolute Gasteiger partial charge is 0.335 e. The monoisotopic (exact) mass is 399 g/mol. The van der Waals surface area contributed by atoms with Gasteiger partial charge in [0.2, 0.25) is 0 Å². The van der Waals surface area contributed by atoms with Gasteiger partial charge in [0.15, 0.2) is 0 Å². The van der Waals surface area contributed by atoms with E-state index in [9.17, 15) is 9.18 Å². The Morgan fingerprint density at radius 3 is 2.54 bits per heavy atom. The third-order valence-electron chi connectivity index (χ3n) is 4.30. The average Bonchev–Trinajstić information content (AvgIpc) is 2.67. The normalized spacial score (nSPS) is 10.5. The Bertz CT molecular complexity index is 990. The highest BCUT2D eigenvalue weighted by Crippen LogP contribution is 2.21. The van der Waals surface area contributed by atoms with Gasteiger partial charge in [0.1, 0.15) is 18.2 Å². The second-order valence-corrected chi connectivity index (χ2v) is 6.76. The van der Waals surface area contributed by atoms with Crippen molar-refractivity contribution in [2.75, 3.05) is 5.32 Å². The summed E-state index contributed by atoms with van der Waals surface area (Å²) in [5.41, 5.74) is 3.73. The largest absolute Gasteiger partial charge is 0.489 e. The minimum absolute atomic E-state index is 0.247. The van der Waals surface area contributed by atoms with E-state index >= 15 is 0 Å². The molecule has 0 heterocycles. The number of carbonyl (C=O) groups is 1. The van der Waals surface area contributed by atoms with Crippen molar-refractivity contribution >= 4 is 23.3 Å². The van der Waals surface area contributed by atoms with Crippen molar-refractivity contribution in [3.63, 3.8) is 0 Å². The van der Waals surface area contributed by atoms with Crippen LogP contribution in [0.15, 0.2) is 60.7 Å². The Morgan fingerprint density at radius 1 is 1.11 bits per heavy atom. The van der Waals surface area contributed by atoms with Gasteiger partial charge in [-0.05, 0) is 54.4 Å². The number of hydrogen-bond acceptors (Lipinski definition) is 3. The zero-order valence-corrected chi connectivity index (χ0v) is 16.0. The van der Waals surface area contributed by atoms with Crippen molar-refractivity contribution in [3.05, 3.63) is 93.8 Å². The number of ether oxygens (including phenoxy) is 1. The van der Waals surface area contributed by atoms with Crippen LogP contribution in [0, 0.1) is 12.7 Å². The van der Waals surface area contributed by atoms with Gasteiger partial charge in [0.25, 0.3) is 0 Å². The molecule has 3 rings (SSSR count). The van der Waals surface area contributed by atoms with E-state index in [1.165, 1.54) is 12.1 Å². The van der Waals surface area contributed by atoms with Gasteiger partial charge in [-0.3, -0.25) is 0 Å². The molecule has 28 heavy (non-hydrogen) atoms. The summed E-state index contributed by atoms with van der Waals surface area (Å²) in [5.74, 6) is -0.659. The van der Waals surface area contributed by atoms with Gasteiger partial charge >= 0.3 is 5.97 Å². The fourth-order valence-electron chi connectivity index (χ4n) is 2.65. The van der Waals surface area contributed by atoms with Crippen LogP contribution in [0.2, 0.25) is 5.02 Å². The van der Waals surface area contributed by atoms with Gasteiger partial charge in [-0.2, -0.15) is 0 Å². The summed E-state index contributed by atoms with van der Waals surface area (Å²) in [6.07, 6.45) is 0. The van der Waals surface area contributed by atoms with Crippen LogP contribution in [0.3, 0.4) is 0 Å². The summed E-state index contributed by atoms with van der Waals surface area (Å²) in [7, 11) is 0. The highest BCUT2D eigenvalue weighted by atomic mass is 35.5. The van der Waals surface area contributed by atoms with Crippen LogP contribution in [0.5, 0.6) is 5.75 Å². The highest BCUT2D eigenvalue weighted by Gasteiger charge is 2.07. The molecule has 0 spiro atoms. The molecule has 0 radical (unpaired) electrons. The van der Waals surface area contributed by atoms with Gasteiger partial charge < -0.3 is 15.2 Å². The molecule has 0 aliphatic carbocycles. The Labute approximate surface area is 167 Å². The van der Waals surface area contributed by atoms with Gasteiger partial charge in [0.05, 0.1) is 10.6 Å². The average molecular weight is 400 g/mol. The Hall–Kier alpha value is -3.05. The first kappa shape index (κ1) is 19.7. The van der Waals surface area contributed by atoms with Crippen LogP contribution in [-0.2, 0) is 13.2 Å². The number of anilines is 1. The molecule has 0 aliphatic rings. The maximum Gasteiger partial charge on any atom is 0.335 e. The molecule has 3 aromatic rings. The van der Waals surface area contributed by atoms with Crippen molar-refractivity contribution in [3.8, 4) is 5.75 Å². The van der Waals surface area contributed by atoms with Gasteiger partial charge in [-0.15, -0.1) is 0 Å². The minimum Gasteiger partial charge on any atom is -0.489 e. The SMILES string of the molecule is Cc1ccc(C(=O)O)cc1NCc1ccc(OCc2ccc(F)cc2Cl)cc1. The van der Waals surface area contributed by atoms with E-state index in [1.807, 2.05) is 31.2 Å². The lowest BCUT2D eigenvalue weighted by Gasteiger charge is -2.12. The van der Waals surface area contributed by atoms with Gasteiger partial charge in [-0.25, -0.2) is 9.18 Å². The summed E-state index contributed by atoms with van der Waals surface area (Å²) < 4.78 is 18.8. The van der Waals surface area contributed by atoms with Crippen molar-refractivity contribution in [1.82, 2.24) is 0 Å². The molecule has 6 heteroatoms. The van der Waals surface area contributed by atoms with Gasteiger partial charge in [-0.1, -0.05) is 35.9 Å². The molecule has 0 fully saturated rings. The molecule has 0 saturated heterocycles. The molecule has 2 N–H and O–H groups in total. The van der Waals surface area contributed by atoms with E-state index in [-0.39, 0.29) is 18.0 Å². The fraction of sp³-hybridized carbons (Fsp3) is 0.136. The summed E-state index contributed by atoms with van der Waals surface area (Å²) in [6, 6.07) is 16.7. The predicted molar refractivity (Wildman–Crippen MR) is 108 cm³/mol. The molecule has 0 unspecified atom stereocenters. The zero-order chi connectivity index (χ0) is 20.1. The minimum atomic E-state index is -0.953. The second kappa shape index (κ2) is 8.76. The molecular formula is C22H19ClFNO3. The second-order valence-electron chi connectivity index (χ2n) is 6.36. The highest BCUT2D eigenvalue weighted by molar-refractivity contribution is 6.31. The number of hydrogen-bond donors (Lipinski definition) is 2. The molecule has 4 nitrogen and oxygen atoms in total. The number of carboxylic acids is 1. The first-order valence-electron chi connectivity index (χ1n) is 8.66. The number of aromatic carboxylic acids is 1. The summed E-state index contributed by atoms with van der Waals surface area (Å²) in [5, 5.41) is 12.7. The number of nitrogens with one attached hydrogen (secondary N) is 1. The van der Waals surface area contributed by atoms with E-state index in [0.717, 1.165) is 16.8 Å². The predicted octanol–water partition coefficient (Wildman–Crippen LogP) is 5.68. The molecule has 0 atom stereocenters. The van der Waals surface area contributed by atoms with E-state index in [0.29, 0.717) is 22.9 Å². The third kappa shape index (κ3) is 5.02. The first-order chi connectivity index (χ1) is 13.4. The topological polar surface area (TPSA) is 58.6 Å². The molecule has 0 aromatic heterocycles. The van der Waals surface area contributed by atoms with E-state index in [2.05, 4.69) is 5.32 Å². The number of halogens is 2. The molecule has 3 aromatic carbocycles. The maximum atomic E-state index is 13.1. The van der Waals surface area contributed by atoms with E-state index < -0.39 is 5.97 Å². The summed E-state index contributed by atoms with van der Waals surface area (Å²) in [6.45, 7) is 2.72. The molecule has 0 bridgehead atoms. The molecular weight excluding hydrogens is 381 g/mol. The van der Waals surface area contributed by atoms with Crippen LogP contribution < -0.4 is 10.1 Å². The Kier molecular flexibility index (Phi) is 6.16. The van der Waals surface area contributed by atoms with Crippen LogP contribution in [0.1, 0.15) is 27.0 Å². The molecule has 0 amide bonds. The lowest BCUT2D eigenvalue weighted by Crippen LogP contribution is -2.04. The first-order valence-corrected chi connectivity index (χ1v) is 9.03. The van der Waals surface area contributed by atoms with Crippen molar-refractivity contribution in [2.45, 2.75) is 20.1 Å². The zero-order valence-electron chi connectivity index (χ0n) is 15.2. The molecule has 0 saturated carbocycles. The van der Waals surface area contributed by atoms with Gasteiger partial charge in [0, 0.05) is 17.8 Å². The lowest BCUT2D eigenvalue weighted by molar-refractivity contribution is 0.0697. The van der Waals surface area contributed by atoms with Crippen LogP contribution in [0.4, 0.5) is 10.1 Å². The lowest BCUT2D eigenvalue weighted by atomic mass is 10.1. The Morgan fingerprint density at radius 2 is 1.86 bits per heavy atom. The molecule has 144 valence electrons. The third-order valence-corrected chi connectivity index (χ3v) is 4.65. The summed E-state index contributed by atoms with van der Waals surface area (Å²) in [4.78, 5) is 11.1.